The Kier molecular flexibility index (Phi) is 3.04. The number of rotatable bonds is 1. The fourth-order valence-electron chi connectivity index (χ4n) is 2.55. The van der Waals surface area contributed by atoms with Crippen LogP contribution in [0.25, 0.3) is 0 Å². The van der Waals surface area contributed by atoms with Gasteiger partial charge >= 0.3 is 0 Å². The fraction of sp³-hybridized carbons (Fsp3) is 0.214. The molecule has 0 saturated carbocycles. The summed E-state index contributed by atoms with van der Waals surface area (Å²) < 4.78 is 26.8. The van der Waals surface area contributed by atoms with Crippen molar-refractivity contribution in [2.45, 2.75) is 19.3 Å². The van der Waals surface area contributed by atoms with Gasteiger partial charge in [-0.3, -0.25) is 9.59 Å². The highest BCUT2D eigenvalue weighted by atomic mass is 19.1. The Morgan fingerprint density at radius 1 is 1.19 bits per heavy atom. The van der Waals surface area contributed by atoms with Crippen molar-refractivity contribution in [1.82, 2.24) is 9.97 Å². The van der Waals surface area contributed by atoms with Gasteiger partial charge < -0.3 is 10.3 Å². The molecule has 108 valence electrons. The maximum absolute atomic E-state index is 13.4. The molecule has 5 nitrogen and oxygen atoms in total. The second-order valence-corrected chi connectivity index (χ2v) is 4.92. The Morgan fingerprint density at radius 3 is 2.52 bits per heavy atom. The number of nitrogens with zero attached hydrogens (tertiary/aromatic N) is 1. The molecule has 2 aromatic rings. The molecule has 1 amide bonds. The third-order valence-electron chi connectivity index (χ3n) is 3.36. The quantitative estimate of drug-likeness (QED) is 0.841. The first kappa shape index (κ1) is 13.4. The Labute approximate surface area is 118 Å². The van der Waals surface area contributed by atoms with Crippen LogP contribution in [0.1, 0.15) is 29.3 Å². The van der Waals surface area contributed by atoms with Crippen molar-refractivity contribution in [3.63, 3.8) is 0 Å². The van der Waals surface area contributed by atoms with Crippen LogP contribution >= 0.6 is 0 Å². The van der Waals surface area contributed by atoms with Gasteiger partial charge in [-0.15, -0.1) is 0 Å². The largest absolute Gasteiger partial charge is 0.310 e. The Bertz CT molecular complexity index is 781. The summed E-state index contributed by atoms with van der Waals surface area (Å²) in [6.07, 6.45) is -0.0658. The monoisotopic (exact) mass is 291 g/mol. The van der Waals surface area contributed by atoms with Gasteiger partial charge in [-0.1, -0.05) is 0 Å². The van der Waals surface area contributed by atoms with Gasteiger partial charge in [0, 0.05) is 18.4 Å². The number of amides is 1. The summed E-state index contributed by atoms with van der Waals surface area (Å²) in [6.45, 7) is 1.58. The van der Waals surface area contributed by atoms with Crippen molar-refractivity contribution in [1.29, 1.82) is 0 Å². The summed E-state index contributed by atoms with van der Waals surface area (Å²) in [7, 11) is 0. The van der Waals surface area contributed by atoms with Crippen molar-refractivity contribution in [3.05, 3.63) is 57.1 Å². The molecule has 7 heteroatoms. The summed E-state index contributed by atoms with van der Waals surface area (Å²) >= 11 is 0. The average molecular weight is 291 g/mol. The summed E-state index contributed by atoms with van der Waals surface area (Å²) in [5.41, 5.74) is 0.0251. The molecule has 0 saturated heterocycles. The number of hydrogen-bond acceptors (Lipinski definition) is 3. The molecule has 1 aromatic carbocycles. The van der Waals surface area contributed by atoms with Gasteiger partial charge in [0.2, 0.25) is 5.91 Å². The molecular formula is C14H11F2N3O2. The molecule has 1 aliphatic rings. The lowest BCUT2D eigenvalue weighted by Crippen LogP contribution is -2.31. The summed E-state index contributed by atoms with van der Waals surface area (Å²) in [5, 5.41) is 2.51. The van der Waals surface area contributed by atoms with Gasteiger partial charge in [-0.05, 0) is 24.6 Å². The normalized spacial score (nSPS) is 17.3. The van der Waals surface area contributed by atoms with Gasteiger partial charge in [0.1, 0.15) is 23.3 Å². The zero-order valence-electron chi connectivity index (χ0n) is 11.0. The van der Waals surface area contributed by atoms with E-state index in [0.717, 1.165) is 18.2 Å². The Balaban J connectivity index is 2.21. The van der Waals surface area contributed by atoms with Crippen molar-refractivity contribution in [2.24, 2.45) is 0 Å². The lowest BCUT2D eigenvalue weighted by Gasteiger charge is -2.24. The number of benzene rings is 1. The highest BCUT2D eigenvalue weighted by Gasteiger charge is 2.31. The van der Waals surface area contributed by atoms with E-state index in [-0.39, 0.29) is 29.3 Å². The number of nitrogens with one attached hydrogen (secondary N) is 2. The molecule has 2 heterocycles. The molecule has 0 spiro atoms. The Morgan fingerprint density at radius 2 is 1.86 bits per heavy atom. The van der Waals surface area contributed by atoms with Crippen molar-refractivity contribution in [2.75, 3.05) is 5.32 Å². The predicted molar refractivity (Wildman–Crippen MR) is 71.0 cm³/mol. The van der Waals surface area contributed by atoms with E-state index in [4.69, 9.17) is 0 Å². The topological polar surface area (TPSA) is 74.8 Å². The minimum Gasteiger partial charge on any atom is -0.310 e. The molecule has 21 heavy (non-hydrogen) atoms. The van der Waals surface area contributed by atoms with Gasteiger partial charge in [0.25, 0.3) is 5.56 Å². The number of anilines is 1. The summed E-state index contributed by atoms with van der Waals surface area (Å²) in [6, 6.07) is 2.98. The molecule has 2 N–H and O–H groups in total. The third-order valence-corrected chi connectivity index (χ3v) is 3.36. The van der Waals surface area contributed by atoms with Crippen LogP contribution in [0.3, 0.4) is 0 Å². The molecule has 1 atom stereocenters. The third kappa shape index (κ3) is 2.42. The van der Waals surface area contributed by atoms with Crippen LogP contribution in [0, 0.1) is 18.6 Å². The molecule has 0 aliphatic carbocycles. The van der Waals surface area contributed by atoms with Crippen molar-refractivity contribution in [3.8, 4) is 0 Å². The molecule has 0 unspecified atom stereocenters. The number of H-pyrrole nitrogens is 1. The van der Waals surface area contributed by atoms with E-state index in [0.29, 0.717) is 5.82 Å². The van der Waals surface area contributed by atoms with Gasteiger partial charge in [0.15, 0.2) is 0 Å². The van der Waals surface area contributed by atoms with E-state index >= 15 is 0 Å². The summed E-state index contributed by atoms with van der Waals surface area (Å²) in [5.74, 6) is -2.10. The maximum atomic E-state index is 13.4. The first-order chi connectivity index (χ1) is 9.94. The number of halogens is 2. The second-order valence-electron chi connectivity index (χ2n) is 4.92. The lowest BCUT2D eigenvalue weighted by atomic mass is 9.86. The SMILES string of the molecule is Cc1nc2c(c(=O)[nH]1)[C@@H](c1cc(F)cc(F)c1)CC(=O)N2. The first-order valence-electron chi connectivity index (χ1n) is 6.30. The minimum absolute atomic E-state index is 0.0658. The number of fused-ring (bicyclic) bond motifs is 1. The van der Waals surface area contributed by atoms with E-state index in [1.54, 1.807) is 6.92 Å². The molecule has 0 bridgehead atoms. The first-order valence-corrected chi connectivity index (χ1v) is 6.30. The predicted octanol–water partition coefficient (Wildman–Crippen LogP) is 1.83. The van der Waals surface area contributed by atoms with E-state index in [2.05, 4.69) is 15.3 Å². The number of aromatic nitrogens is 2. The van der Waals surface area contributed by atoms with Crippen LogP contribution in [0.2, 0.25) is 0 Å². The highest BCUT2D eigenvalue weighted by molar-refractivity contribution is 5.94. The van der Waals surface area contributed by atoms with Gasteiger partial charge in [-0.2, -0.15) is 0 Å². The molecule has 1 aromatic heterocycles. The molecule has 3 rings (SSSR count). The zero-order valence-corrected chi connectivity index (χ0v) is 11.0. The van der Waals surface area contributed by atoms with Gasteiger partial charge in [-0.25, -0.2) is 13.8 Å². The van der Waals surface area contributed by atoms with Crippen LogP contribution in [-0.2, 0) is 4.79 Å². The average Bonchev–Trinajstić information content (AvgIpc) is 2.35. The molecule has 1 aliphatic heterocycles. The van der Waals surface area contributed by atoms with Crippen LogP contribution in [0.5, 0.6) is 0 Å². The Hall–Kier alpha value is -2.57. The van der Waals surface area contributed by atoms with E-state index in [9.17, 15) is 18.4 Å². The van der Waals surface area contributed by atoms with Crippen LogP contribution in [0.15, 0.2) is 23.0 Å². The number of aromatic amines is 1. The van der Waals surface area contributed by atoms with Crippen LogP contribution in [-0.4, -0.2) is 15.9 Å². The van der Waals surface area contributed by atoms with E-state index < -0.39 is 23.1 Å². The molecule has 0 fully saturated rings. The second kappa shape index (κ2) is 4.76. The van der Waals surface area contributed by atoms with E-state index in [1.165, 1.54) is 0 Å². The standard InChI is InChI=1S/C14H11F2N3O2/c1-6-17-13-12(14(21)18-6)10(5-11(20)19-13)7-2-8(15)4-9(16)3-7/h2-4,10H,5H2,1H3,(H2,17,18,19,20,21)/t10-/m1/s1. The number of aryl methyl sites for hydroxylation is 1. The number of carbonyl (C=O) groups excluding carboxylic acids is 1. The minimum atomic E-state index is -0.756. The number of carbonyl (C=O) groups is 1. The number of hydrogen-bond donors (Lipinski definition) is 2. The lowest BCUT2D eigenvalue weighted by molar-refractivity contribution is -0.116. The summed E-state index contributed by atoms with van der Waals surface area (Å²) in [4.78, 5) is 30.5. The molecule has 0 radical (unpaired) electrons. The van der Waals surface area contributed by atoms with Gasteiger partial charge in [0.05, 0.1) is 5.56 Å². The zero-order chi connectivity index (χ0) is 15.1. The fourth-order valence-corrected chi connectivity index (χ4v) is 2.55. The van der Waals surface area contributed by atoms with E-state index in [1.807, 2.05) is 0 Å². The smallest absolute Gasteiger partial charge is 0.256 e. The highest BCUT2D eigenvalue weighted by Crippen LogP contribution is 2.34. The van der Waals surface area contributed by atoms with Crippen LogP contribution < -0.4 is 10.9 Å². The maximum Gasteiger partial charge on any atom is 0.256 e. The van der Waals surface area contributed by atoms with Crippen molar-refractivity contribution < 1.29 is 13.6 Å². The van der Waals surface area contributed by atoms with Crippen molar-refractivity contribution >= 4 is 11.7 Å². The molecular weight excluding hydrogens is 280 g/mol. The van der Waals surface area contributed by atoms with Crippen LogP contribution in [0.4, 0.5) is 14.6 Å².